The molecule has 0 saturated heterocycles. The van der Waals surface area contributed by atoms with Crippen molar-refractivity contribution in [3.63, 3.8) is 0 Å². The number of amides is 1. The topological polar surface area (TPSA) is 29.5 Å². The molecule has 0 saturated carbocycles. The summed E-state index contributed by atoms with van der Waals surface area (Å²) in [5.74, 6) is 0.979. The van der Waals surface area contributed by atoms with Gasteiger partial charge in [-0.3, -0.25) is 4.79 Å². The standard InChI is InChI=1S/C23H23NO2S/c1-3-24(15-16-7-5-4-6-8-16)23(25)21-13-18-10-9-17-11-12-19(26-2)14-20(17)22(18)27-21/h4-8,11-14H,3,9-10,15H2,1-2H3. The molecule has 27 heavy (non-hydrogen) atoms. The predicted molar refractivity (Wildman–Crippen MR) is 111 cm³/mol. The summed E-state index contributed by atoms with van der Waals surface area (Å²) in [6.45, 7) is 3.37. The fourth-order valence-corrected chi connectivity index (χ4v) is 4.85. The molecule has 2 aromatic carbocycles. The number of benzene rings is 2. The molecule has 0 bridgehead atoms. The van der Waals surface area contributed by atoms with Crippen molar-refractivity contribution in [2.45, 2.75) is 26.3 Å². The van der Waals surface area contributed by atoms with Crippen LogP contribution in [0.15, 0.2) is 54.6 Å². The molecule has 1 aromatic heterocycles. The minimum atomic E-state index is 0.116. The van der Waals surface area contributed by atoms with E-state index in [4.69, 9.17) is 4.74 Å². The van der Waals surface area contributed by atoms with E-state index >= 15 is 0 Å². The monoisotopic (exact) mass is 377 g/mol. The van der Waals surface area contributed by atoms with Crippen LogP contribution in [0.2, 0.25) is 0 Å². The van der Waals surface area contributed by atoms with Crippen LogP contribution < -0.4 is 4.74 Å². The van der Waals surface area contributed by atoms with Crippen LogP contribution in [0, 0.1) is 0 Å². The van der Waals surface area contributed by atoms with E-state index in [9.17, 15) is 4.79 Å². The summed E-state index contributed by atoms with van der Waals surface area (Å²) < 4.78 is 5.40. The first-order valence-electron chi connectivity index (χ1n) is 9.32. The van der Waals surface area contributed by atoms with Crippen molar-refractivity contribution in [3.05, 3.63) is 76.2 Å². The maximum atomic E-state index is 13.1. The molecule has 3 nitrogen and oxygen atoms in total. The van der Waals surface area contributed by atoms with Crippen LogP contribution in [0.5, 0.6) is 5.75 Å². The average Bonchev–Trinajstić information content (AvgIpc) is 3.16. The number of carbonyl (C=O) groups is 1. The quantitative estimate of drug-likeness (QED) is 0.613. The molecule has 1 aliphatic carbocycles. The number of aryl methyl sites for hydroxylation is 2. The van der Waals surface area contributed by atoms with Gasteiger partial charge in [0.15, 0.2) is 0 Å². The molecule has 0 N–H and O–H groups in total. The molecule has 0 unspecified atom stereocenters. The van der Waals surface area contributed by atoms with Gasteiger partial charge in [-0.2, -0.15) is 0 Å². The zero-order valence-corrected chi connectivity index (χ0v) is 16.5. The second-order valence-electron chi connectivity index (χ2n) is 6.79. The molecule has 4 rings (SSSR count). The van der Waals surface area contributed by atoms with Crippen LogP contribution >= 0.6 is 11.3 Å². The van der Waals surface area contributed by atoms with Gasteiger partial charge in [0.1, 0.15) is 5.75 Å². The number of hydrogen-bond donors (Lipinski definition) is 0. The third-order valence-electron chi connectivity index (χ3n) is 5.13. The van der Waals surface area contributed by atoms with Crippen molar-refractivity contribution in [1.82, 2.24) is 4.90 Å². The molecular formula is C23H23NO2S. The lowest BCUT2D eigenvalue weighted by atomic mass is 9.91. The molecule has 1 heterocycles. The Kier molecular flexibility index (Phi) is 4.99. The second-order valence-corrected chi connectivity index (χ2v) is 7.85. The molecule has 3 aromatic rings. The Morgan fingerprint density at radius 2 is 1.85 bits per heavy atom. The third-order valence-corrected chi connectivity index (χ3v) is 6.33. The summed E-state index contributed by atoms with van der Waals surface area (Å²) >= 11 is 1.61. The van der Waals surface area contributed by atoms with Gasteiger partial charge in [0.2, 0.25) is 0 Å². The number of methoxy groups -OCH3 is 1. The predicted octanol–water partition coefficient (Wildman–Crippen LogP) is 5.18. The van der Waals surface area contributed by atoms with Crippen LogP contribution in [0.1, 0.15) is 33.3 Å². The molecule has 1 amide bonds. The van der Waals surface area contributed by atoms with Crippen molar-refractivity contribution in [2.24, 2.45) is 0 Å². The van der Waals surface area contributed by atoms with Crippen LogP contribution in [0.25, 0.3) is 10.4 Å². The number of ether oxygens (including phenoxy) is 1. The Bertz CT molecular complexity index is 962. The summed E-state index contributed by atoms with van der Waals surface area (Å²) in [6.07, 6.45) is 2.00. The van der Waals surface area contributed by atoms with Crippen LogP contribution in [0.3, 0.4) is 0 Å². The Morgan fingerprint density at radius 1 is 1.07 bits per heavy atom. The van der Waals surface area contributed by atoms with Gasteiger partial charge in [0.05, 0.1) is 12.0 Å². The first kappa shape index (κ1) is 17.8. The number of carbonyl (C=O) groups excluding carboxylic acids is 1. The molecule has 0 fully saturated rings. The lowest BCUT2D eigenvalue weighted by Crippen LogP contribution is -2.29. The first-order valence-corrected chi connectivity index (χ1v) is 10.1. The number of thiophene rings is 1. The van der Waals surface area contributed by atoms with Gasteiger partial charge in [0.25, 0.3) is 5.91 Å². The van der Waals surface area contributed by atoms with E-state index in [0.29, 0.717) is 13.1 Å². The maximum Gasteiger partial charge on any atom is 0.264 e. The van der Waals surface area contributed by atoms with E-state index in [-0.39, 0.29) is 5.91 Å². The fraction of sp³-hybridized carbons (Fsp3) is 0.261. The molecular weight excluding hydrogens is 354 g/mol. The molecule has 0 radical (unpaired) electrons. The molecule has 138 valence electrons. The van der Waals surface area contributed by atoms with Gasteiger partial charge in [-0.25, -0.2) is 0 Å². The molecule has 0 spiro atoms. The third kappa shape index (κ3) is 3.50. The number of nitrogens with zero attached hydrogens (tertiary/aromatic N) is 1. The van der Waals surface area contributed by atoms with Gasteiger partial charge in [-0.05, 0) is 60.2 Å². The van der Waals surface area contributed by atoms with E-state index in [2.05, 4.69) is 30.3 Å². The maximum absolute atomic E-state index is 13.1. The molecule has 0 aliphatic heterocycles. The first-order chi connectivity index (χ1) is 13.2. The van der Waals surface area contributed by atoms with Crippen LogP contribution in [-0.2, 0) is 19.4 Å². The minimum Gasteiger partial charge on any atom is -0.497 e. The Balaban J connectivity index is 1.64. The fourth-order valence-electron chi connectivity index (χ4n) is 3.62. The normalized spacial score (nSPS) is 12.2. The van der Waals surface area contributed by atoms with Crippen molar-refractivity contribution >= 4 is 17.2 Å². The molecule has 0 atom stereocenters. The van der Waals surface area contributed by atoms with Crippen molar-refractivity contribution < 1.29 is 9.53 Å². The lowest BCUT2D eigenvalue weighted by molar-refractivity contribution is 0.0757. The highest BCUT2D eigenvalue weighted by Crippen LogP contribution is 2.41. The second kappa shape index (κ2) is 7.57. The highest BCUT2D eigenvalue weighted by molar-refractivity contribution is 7.17. The summed E-state index contributed by atoms with van der Waals surface area (Å²) in [5.41, 5.74) is 4.98. The van der Waals surface area contributed by atoms with Gasteiger partial charge in [-0.1, -0.05) is 36.4 Å². The number of fused-ring (bicyclic) bond motifs is 3. The smallest absolute Gasteiger partial charge is 0.264 e. The van der Waals surface area contributed by atoms with Crippen molar-refractivity contribution in [3.8, 4) is 16.2 Å². The minimum absolute atomic E-state index is 0.116. The lowest BCUT2D eigenvalue weighted by Gasteiger charge is -2.20. The number of rotatable bonds is 5. The summed E-state index contributed by atoms with van der Waals surface area (Å²) in [5, 5.41) is 0. The Morgan fingerprint density at radius 3 is 2.59 bits per heavy atom. The number of hydrogen-bond acceptors (Lipinski definition) is 3. The zero-order chi connectivity index (χ0) is 18.8. The van der Waals surface area contributed by atoms with E-state index in [1.807, 2.05) is 36.1 Å². The van der Waals surface area contributed by atoms with Gasteiger partial charge in [-0.15, -0.1) is 11.3 Å². The van der Waals surface area contributed by atoms with Crippen LogP contribution in [-0.4, -0.2) is 24.5 Å². The van der Waals surface area contributed by atoms with Gasteiger partial charge >= 0.3 is 0 Å². The SMILES string of the molecule is CCN(Cc1ccccc1)C(=O)c1cc2c(s1)-c1cc(OC)ccc1CC2. The summed E-state index contributed by atoms with van der Waals surface area (Å²) in [4.78, 5) is 17.1. The van der Waals surface area contributed by atoms with E-state index < -0.39 is 0 Å². The average molecular weight is 378 g/mol. The van der Waals surface area contributed by atoms with Gasteiger partial charge in [0, 0.05) is 18.0 Å². The van der Waals surface area contributed by atoms with E-state index in [0.717, 1.165) is 29.0 Å². The van der Waals surface area contributed by atoms with Crippen molar-refractivity contribution in [2.75, 3.05) is 13.7 Å². The van der Waals surface area contributed by atoms with Crippen molar-refractivity contribution in [1.29, 1.82) is 0 Å². The van der Waals surface area contributed by atoms with Gasteiger partial charge < -0.3 is 9.64 Å². The molecule has 1 aliphatic rings. The van der Waals surface area contributed by atoms with E-state index in [1.165, 1.54) is 21.6 Å². The zero-order valence-electron chi connectivity index (χ0n) is 15.7. The molecule has 4 heteroatoms. The van der Waals surface area contributed by atoms with E-state index in [1.54, 1.807) is 18.4 Å². The highest BCUT2D eigenvalue weighted by Gasteiger charge is 2.24. The Hall–Kier alpha value is -2.59. The summed E-state index contributed by atoms with van der Waals surface area (Å²) in [7, 11) is 1.69. The van der Waals surface area contributed by atoms with Crippen LogP contribution in [0.4, 0.5) is 0 Å². The largest absolute Gasteiger partial charge is 0.497 e. The summed E-state index contributed by atoms with van der Waals surface area (Å²) in [6, 6.07) is 18.5. The Labute approximate surface area is 164 Å². The highest BCUT2D eigenvalue weighted by atomic mass is 32.1.